The van der Waals surface area contributed by atoms with Crippen LogP contribution >= 0.6 is 22.6 Å². The minimum Gasteiger partial charge on any atom is -0.292 e. The smallest absolute Gasteiger partial charge is 0.0618 e. The molecule has 0 amide bonds. The van der Waals surface area contributed by atoms with E-state index in [1.54, 1.807) is 0 Å². The Hall–Kier alpha value is 0.690. The van der Waals surface area contributed by atoms with Crippen LogP contribution in [0.5, 0.6) is 0 Å². The molecule has 1 unspecified atom stereocenters. The number of alkyl halides is 1. The number of hydrogen-bond donors (Lipinski definition) is 0. The Labute approximate surface area is 77.3 Å². The maximum atomic E-state index is 2.60. The average molecular weight is 253 g/mol. The fourth-order valence-electron chi connectivity index (χ4n) is 1.49. The molecule has 0 radical (unpaired) electrons. The van der Waals surface area contributed by atoms with Crippen molar-refractivity contribution in [1.82, 2.24) is 4.90 Å². The molecule has 0 aliphatic carbocycles. The predicted molar refractivity (Wildman–Crippen MR) is 53.5 cm³/mol. The van der Waals surface area contributed by atoms with Crippen LogP contribution in [0.2, 0.25) is 0 Å². The van der Waals surface area contributed by atoms with Crippen LogP contribution in [0.3, 0.4) is 0 Å². The molecule has 0 spiro atoms. The van der Waals surface area contributed by atoms with E-state index in [1.807, 2.05) is 0 Å². The van der Waals surface area contributed by atoms with Crippen molar-refractivity contribution < 1.29 is 0 Å². The summed E-state index contributed by atoms with van der Waals surface area (Å²) in [5, 5.41) is 0. The molecule has 1 nitrogen and oxygen atoms in total. The van der Waals surface area contributed by atoms with Crippen LogP contribution in [0.25, 0.3) is 0 Å². The zero-order chi connectivity index (χ0) is 7.40. The number of halogens is 1. The molecular formula is C8H16IN. The molecule has 1 rings (SSSR count). The lowest BCUT2D eigenvalue weighted by Gasteiger charge is -2.31. The molecule has 60 valence electrons. The van der Waals surface area contributed by atoms with E-state index >= 15 is 0 Å². The van der Waals surface area contributed by atoms with E-state index in [9.17, 15) is 0 Å². The first kappa shape index (κ1) is 8.78. The highest BCUT2D eigenvalue weighted by Gasteiger charge is 2.17. The van der Waals surface area contributed by atoms with E-state index in [0.717, 1.165) is 4.05 Å². The molecule has 0 bridgehead atoms. The van der Waals surface area contributed by atoms with Gasteiger partial charge in [-0.25, -0.2) is 0 Å². The Morgan fingerprint density at radius 1 is 1.50 bits per heavy atom. The van der Waals surface area contributed by atoms with E-state index in [-0.39, 0.29) is 0 Å². The standard InChI is InChI=1S/C8H16IN/c1-2-6-10-7-4-3-5-8(10)9/h8H,2-7H2,1H3. The lowest BCUT2D eigenvalue weighted by Crippen LogP contribution is -2.35. The third kappa shape index (κ3) is 2.38. The molecule has 1 aliphatic rings. The molecule has 0 aromatic heterocycles. The summed E-state index contributed by atoms with van der Waals surface area (Å²) in [7, 11) is 0. The second kappa shape index (κ2) is 4.54. The quantitative estimate of drug-likeness (QED) is 0.415. The van der Waals surface area contributed by atoms with Crippen LogP contribution in [0.15, 0.2) is 0 Å². The van der Waals surface area contributed by atoms with E-state index in [0.29, 0.717) is 0 Å². The van der Waals surface area contributed by atoms with Crippen molar-refractivity contribution in [1.29, 1.82) is 0 Å². The lowest BCUT2D eigenvalue weighted by atomic mass is 10.1. The molecule has 1 saturated heterocycles. The minimum atomic E-state index is 0.825. The molecule has 1 heterocycles. The summed E-state index contributed by atoms with van der Waals surface area (Å²) in [6.07, 6.45) is 5.56. The summed E-state index contributed by atoms with van der Waals surface area (Å²) >= 11 is 2.57. The van der Waals surface area contributed by atoms with Gasteiger partial charge in [-0.3, -0.25) is 4.90 Å². The second-order valence-corrected chi connectivity index (χ2v) is 4.40. The van der Waals surface area contributed by atoms with Crippen molar-refractivity contribution in [3.8, 4) is 0 Å². The first-order chi connectivity index (χ1) is 4.84. The number of piperidine rings is 1. The van der Waals surface area contributed by atoms with Crippen molar-refractivity contribution in [3.63, 3.8) is 0 Å². The lowest BCUT2D eigenvalue weighted by molar-refractivity contribution is 0.217. The van der Waals surface area contributed by atoms with E-state index in [2.05, 4.69) is 34.4 Å². The van der Waals surface area contributed by atoms with Gasteiger partial charge < -0.3 is 0 Å². The SMILES string of the molecule is CCCN1CCCCC1I. The molecule has 10 heavy (non-hydrogen) atoms. The molecular weight excluding hydrogens is 237 g/mol. The number of rotatable bonds is 2. The van der Waals surface area contributed by atoms with Crippen molar-refractivity contribution >= 4 is 22.6 Å². The molecule has 1 atom stereocenters. The number of likely N-dealkylation sites (tertiary alicyclic amines) is 1. The molecule has 0 saturated carbocycles. The van der Waals surface area contributed by atoms with Gasteiger partial charge in [0.2, 0.25) is 0 Å². The van der Waals surface area contributed by atoms with Gasteiger partial charge in [0.05, 0.1) is 4.05 Å². The Morgan fingerprint density at radius 3 is 2.90 bits per heavy atom. The molecule has 1 aliphatic heterocycles. The molecule has 0 aromatic carbocycles. The van der Waals surface area contributed by atoms with Gasteiger partial charge >= 0.3 is 0 Å². The normalized spacial score (nSPS) is 28.8. The fourth-order valence-corrected chi connectivity index (χ4v) is 2.49. The molecule has 1 fully saturated rings. The van der Waals surface area contributed by atoms with Gasteiger partial charge in [-0.1, -0.05) is 29.5 Å². The van der Waals surface area contributed by atoms with Gasteiger partial charge in [0.1, 0.15) is 0 Å². The number of hydrogen-bond acceptors (Lipinski definition) is 1. The first-order valence-corrected chi connectivity index (χ1v) is 5.47. The van der Waals surface area contributed by atoms with Crippen LogP contribution in [0.1, 0.15) is 32.6 Å². The fraction of sp³-hybridized carbons (Fsp3) is 1.00. The van der Waals surface area contributed by atoms with E-state index in [1.165, 1.54) is 38.8 Å². The van der Waals surface area contributed by atoms with Crippen LogP contribution in [0, 0.1) is 0 Å². The van der Waals surface area contributed by atoms with Gasteiger partial charge in [-0.2, -0.15) is 0 Å². The van der Waals surface area contributed by atoms with E-state index in [4.69, 9.17) is 0 Å². The third-order valence-corrected chi connectivity index (χ3v) is 3.46. The maximum Gasteiger partial charge on any atom is 0.0618 e. The van der Waals surface area contributed by atoms with Gasteiger partial charge in [0.15, 0.2) is 0 Å². The van der Waals surface area contributed by atoms with Crippen LogP contribution in [0.4, 0.5) is 0 Å². The Bertz CT molecular complexity index is 93.3. The Kier molecular flexibility index (Phi) is 3.99. The molecule has 0 N–H and O–H groups in total. The number of nitrogens with zero attached hydrogens (tertiary/aromatic N) is 1. The van der Waals surface area contributed by atoms with Gasteiger partial charge in [-0.15, -0.1) is 0 Å². The summed E-state index contributed by atoms with van der Waals surface area (Å²) in [6, 6.07) is 0. The summed E-state index contributed by atoms with van der Waals surface area (Å²) in [5.74, 6) is 0. The van der Waals surface area contributed by atoms with Crippen LogP contribution in [-0.4, -0.2) is 22.0 Å². The molecule has 0 aromatic rings. The van der Waals surface area contributed by atoms with Crippen molar-refractivity contribution in [2.24, 2.45) is 0 Å². The highest BCUT2D eigenvalue weighted by atomic mass is 127. The monoisotopic (exact) mass is 253 g/mol. The predicted octanol–water partition coefficient (Wildman–Crippen LogP) is 2.64. The summed E-state index contributed by atoms with van der Waals surface area (Å²) in [4.78, 5) is 2.60. The summed E-state index contributed by atoms with van der Waals surface area (Å²) < 4.78 is 0.825. The third-order valence-electron chi connectivity index (χ3n) is 2.04. The van der Waals surface area contributed by atoms with Gasteiger partial charge in [0.25, 0.3) is 0 Å². The van der Waals surface area contributed by atoms with Crippen molar-refractivity contribution in [2.45, 2.75) is 36.7 Å². The van der Waals surface area contributed by atoms with Crippen LogP contribution in [-0.2, 0) is 0 Å². The van der Waals surface area contributed by atoms with Gasteiger partial charge in [0, 0.05) is 0 Å². The van der Waals surface area contributed by atoms with Gasteiger partial charge in [-0.05, 0) is 38.8 Å². The second-order valence-electron chi connectivity index (χ2n) is 2.97. The maximum absolute atomic E-state index is 2.60. The minimum absolute atomic E-state index is 0.825. The summed E-state index contributed by atoms with van der Waals surface area (Å²) in [5.41, 5.74) is 0. The van der Waals surface area contributed by atoms with Crippen molar-refractivity contribution in [2.75, 3.05) is 13.1 Å². The van der Waals surface area contributed by atoms with Crippen LogP contribution < -0.4 is 0 Å². The average Bonchev–Trinajstić information content (AvgIpc) is 1.94. The summed E-state index contributed by atoms with van der Waals surface area (Å²) in [6.45, 7) is 4.90. The van der Waals surface area contributed by atoms with Crippen molar-refractivity contribution in [3.05, 3.63) is 0 Å². The molecule has 2 heteroatoms. The zero-order valence-electron chi connectivity index (χ0n) is 6.65. The topological polar surface area (TPSA) is 3.24 Å². The Morgan fingerprint density at radius 2 is 2.30 bits per heavy atom. The Balaban J connectivity index is 2.25. The highest BCUT2D eigenvalue weighted by molar-refractivity contribution is 14.1. The highest BCUT2D eigenvalue weighted by Crippen LogP contribution is 2.21. The first-order valence-electron chi connectivity index (χ1n) is 4.22. The zero-order valence-corrected chi connectivity index (χ0v) is 8.80. The van der Waals surface area contributed by atoms with E-state index < -0.39 is 0 Å². The largest absolute Gasteiger partial charge is 0.292 e.